The van der Waals surface area contributed by atoms with E-state index in [1.807, 2.05) is 0 Å². The van der Waals surface area contributed by atoms with Crippen LogP contribution < -0.4 is 0 Å². The minimum atomic E-state index is -0.125. The molecule has 0 aliphatic carbocycles. The van der Waals surface area contributed by atoms with Crippen LogP contribution in [0.4, 0.5) is 0 Å². The van der Waals surface area contributed by atoms with Crippen LogP contribution in [0.15, 0.2) is 0 Å². The quantitative estimate of drug-likeness (QED) is 0.658. The molecule has 17 heavy (non-hydrogen) atoms. The SMILES string of the molecule is CCC(C)C(COC)(COC)COC(C)(C)C. The lowest BCUT2D eigenvalue weighted by atomic mass is 9.76. The first kappa shape index (κ1) is 16.9. The largest absolute Gasteiger partial charge is 0.384 e. The van der Waals surface area contributed by atoms with Gasteiger partial charge in [0.15, 0.2) is 0 Å². The molecule has 0 saturated heterocycles. The molecule has 1 atom stereocenters. The van der Waals surface area contributed by atoms with Crippen LogP contribution in [0.3, 0.4) is 0 Å². The Bertz CT molecular complexity index is 190. The fraction of sp³-hybridized carbons (Fsp3) is 1.00. The van der Waals surface area contributed by atoms with Gasteiger partial charge in [-0.3, -0.25) is 0 Å². The maximum Gasteiger partial charge on any atom is 0.0598 e. The van der Waals surface area contributed by atoms with Crippen LogP contribution in [0.1, 0.15) is 41.0 Å². The van der Waals surface area contributed by atoms with Gasteiger partial charge in [0, 0.05) is 19.6 Å². The maximum atomic E-state index is 5.96. The molecule has 3 heteroatoms. The molecule has 0 rings (SSSR count). The summed E-state index contributed by atoms with van der Waals surface area (Å²) in [5, 5.41) is 0. The van der Waals surface area contributed by atoms with Gasteiger partial charge in [0.2, 0.25) is 0 Å². The first-order valence-electron chi connectivity index (χ1n) is 6.43. The monoisotopic (exact) mass is 246 g/mol. The predicted molar refractivity (Wildman–Crippen MR) is 71.3 cm³/mol. The molecule has 0 bridgehead atoms. The van der Waals surface area contributed by atoms with E-state index in [2.05, 4.69) is 34.6 Å². The van der Waals surface area contributed by atoms with Gasteiger partial charge in [-0.1, -0.05) is 20.3 Å². The third-order valence-corrected chi connectivity index (χ3v) is 3.31. The maximum absolute atomic E-state index is 5.96. The van der Waals surface area contributed by atoms with Crippen LogP contribution in [0.25, 0.3) is 0 Å². The zero-order chi connectivity index (χ0) is 13.5. The van der Waals surface area contributed by atoms with E-state index in [0.29, 0.717) is 25.7 Å². The van der Waals surface area contributed by atoms with Crippen LogP contribution in [-0.4, -0.2) is 39.6 Å². The van der Waals surface area contributed by atoms with Crippen molar-refractivity contribution in [2.24, 2.45) is 11.3 Å². The summed E-state index contributed by atoms with van der Waals surface area (Å²) >= 11 is 0. The van der Waals surface area contributed by atoms with Gasteiger partial charge in [-0.2, -0.15) is 0 Å². The third-order valence-electron chi connectivity index (χ3n) is 3.31. The van der Waals surface area contributed by atoms with E-state index in [9.17, 15) is 0 Å². The summed E-state index contributed by atoms with van der Waals surface area (Å²) < 4.78 is 16.7. The number of rotatable bonds is 8. The average Bonchev–Trinajstić information content (AvgIpc) is 2.24. The van der Waals surface area contributed by atoms with E-state index >= 15 is 0 Å². The molecule has 0 fully saturated rings. The molecule has 1 unspecified atom stereocenters. The van der Waals surface area contributed by atoms with E-state index in [1.165, 1.54) is 0 Å². The first-order valence-corrected chi connectivity index (χ1v) is 6.43. The van der Waals surface area contributed by atoms with Gasteiger partial charge in [-0.25, -0.2) is 0 Å². The fourth-order valence-corrected chi connectivity index (χ4v) is 1.92. The summed E-state index contributed by atoms with van der Waals surface area (Å²) in [6.45, 7) is 12.7. The normalized spacial score (nSPS) is 15.0. The average molecular weight is 246 g/mol. The molecule has 104 valence electrons. The standard InChI is InChI=1S/C14H30O3/c1-8-12(2)14(9-15-6,10-16-7)11-17-13(3,4)5/h12H,8-11H2,1-7H3. The summed E-state index contributed by atoms with van der Waals surface area (Å²) in [5.74, 6) is 0.504. The zero-order valence-electron chi connectivity index (χ0n) is 12.6. The Hall–Kier alpha value is -0.120. The first-order chi connectivity index (χ1) is 7.81. The van der Waals surface area contributed by atoms with Crippen molar-refractivity contribution in [3.8, 4) is 0 Å². The Balaban J connectivity index is 4.76. The summed E-state index contributed by atoms with van der Waals surface area (Å²) in [4.78, 5) is 0. The molecular weight excluding hydrogens is 216 g/mol. The minimum absolute atomic E-state index is 0.0501. The van der Waals surface area contributed by atoms with Crippen LogP contribution >= 0.6 is 0 Å². The number of ether oxygens (including phenoxy) is 3. The van der Waals surface area contributed by atoms with Crippen molar-refractivity contribution >= 4 is 0 Å². The molecule has 0 aromatic carbocycles. The highest BCUT2D eigenvalue weighted by Crippen LogP contribution is 2.32. The van der Waals surface area contributed by atoms with Crippen LogP contribution in [-0.2, 0) is 14.2 Å². The Morgan fingerprint density at radius 1 is 0.941 bits per heavy atom. The van der Waals surface area contributed by atoms with Gasteiger partial charge in [0.05, 0.1) is 25.4 Å². The molecule has 0 aliphatic rings. The van der Waals surface area contributed by atoms with Gasteiger partial charge < -0.3 is 14.2 Å². The van der Waals surface area contributed by atoms with E-state index in [0.717, 1.165) is 6.42 Å². The highest BCUT2D eigenvalue weighted by molar-refractivity contribution is 4.85. The molecule has 3 nitrogen and oxygen atoms in total. The van der Waals surface area contributed by atoms with Crippen molar-refractivity contribution < 1.29 is 14.2 Å². The molecule has 0 radical (unpaired) electrons. The number of hydrogen-bond donors (Lipinski definition) is 0. The van der Waals surface area contributed by atoms with Crippen LogP contribution in [0.2, 0.25) is 0 Å². The van der Waals surface area contributed by atoms with Crippen molar-refractivity contribution in [2.45, 2.75) is 46.6 Å². The van der Waals surface area contributed by atoms with Gasteiger partial charge in [0.25, 0.3) is 0 Å². The lowest BCUT2D eigenvalue weighted by Gasteiger charge is -2.39. The number of methoxy groups -OCH3 is 2. The van der Waals surface area contributed by atoms with Gasteiger partial charge in [-0.05, 0) is 26.7 Å². The summed E-state index contributed by atoms with van der Waals surface area (Å²) in [6.07, 6.45) is 1.10. The molecule has 0 spiro atoms. The highest BCUT2D eigenvalue weighted by atomic mass is 16.5. The second-order valence-corrected chi connectivity index (χ2v) is 5.94. The zero-order valence-corrected chi connectivity index (χ0v) is 12.6. The topological polar surface area (TPSA) is 27.7 Å². The predicted octanol–water partition coefficient (Wildman–Crippen LogP) is 3.13. The number of hydrogen-bond acceptors (Lipinski definition) is 3. The second kappa shape index (κ2) is 7.34. The van der Waals surface area contributed by atoms with Crippen molar-refractivity contribution in [1.82, 2.24) is 0 Å². The molecular formula is C14H30O3. The summed E-state index contributed by atoms with van der Waals surface area (Å²) in [6, 6.07) is 0. The van der Waals surface area contributed by atoms with E-state index < -0.39 is 0 Å². The van der Waals surface area contributed by atoms with E-state index in [-0.39, 0.29) is 11.0 Å². The Labute approximate surface area is 107 Å². The smallest absolute Gasteiger partial charge is 0.0598 e. The molecule has 0 aromatic heterocycles. The Morgan fingerprint density at radius 3 is 1.71 bits per heavy atom. The summed E-state index contributed by atoms with van der Waals surface area (Å²) in [7, 11) is 3.48. The lowest BCUT2D eigenvalue weighted by molar-refractivity contribution is -0.118. The van der Waals surface area contributed by atoms with Gasteiger partial charge in [0.1, 0.15) is 0 Å². The molecule has 0 saturated carbocycles. The molecule has 0 aromatic rings. The molecule has 0 amide bonds. The third kappa shape index (κ3) is 5.84. The Kier molecular flexibility index (Phi) is 7.29. The van der Waals surface area contributed by atoms with Crippen molar-refractivity contribution in [3.05, 3.63) is 0 Å². The Morgan fingerprint density at radius 2 is 1.41 bits per heavy atom. The second-order valence-electron chi connectivity index (χ2n) is 5.94. The van der Waals surface area contributed by atoms with Crippen molar-refractivity contribution in [1.29, 1.82) is 0 Å². The van der Waals surface area contributed by atoms with Gasteiger partial charge >= 0.3 is 0 Å². The van der Waals surface area contributed by atoms with E-state index in [1.54, 1.807) is 14.2 Å². The van der Waals surface area contributed by atoms with Crippen LogP contribution in [0.5, 0.6) is 0 Å². The van der Waals surface area contributed by atoms with Crippen LogP contribution in [0, 0.1) is 11.3 Å². The molecule has 0 aliphatic heterocycles. The molecule has 0 N–H and O–H groups in total. The fourth-order valence-electron chi connectivity index (χ4n) is 1.92. The van der Waals surface area contributed by atoms with E-state index in [4.69, 9.17) is 14.2 Å². The summed E-state index contributed by atoms with van der Waals surface area (Å²) in [5.41, 5.74) is -0.175. The lowest BCUT2D eigenvalue weighted by Crippen LogP contribution is -2.44. The van der Waals surface area contributed by atoms with Crippen molar-refractivity contribution in [3.63, 3.8) is 0 Å². The minimum Gasteiger partial charge on any atom is -0.384 e. The molecule has 0 heterocycles. The highest BCUT2D eigenvalue weighted by Gasteiger charge is 2.37. The van der Waals surface area contributed by atoms with Gasteiger partial charge in [-0.15, -0.1) is 0 Å². The van der Waals surface area contributed by atoms with Crippen molar-refractivity contribution in [2.75, 3.05) is 34.0 Å².